The van der Waals surface area contributed by atoms with E-state index in [1.54, 1.807) is 20.9 Å². The summed E-state index contributed by atoms with van der Waals surface area (Å²) in [5.74, 6) is -3.46. The van der Waals surface area contributed by atoms with Gasteiger partial charge in [0.05, 0.1) is 12.2 Å². The van der Waals surface area contributed by atoms with Crippen molar-refractivity contribution >= 4 is 34.9 Å². The zero-order valence-corrected chi connectivity index (χ0v) is 21.8. The lowest BCUT2D eigenvalue weighted by molar-refractivity contribution is -0.153. The van der Waals surface area contributed by atoms with Crippen LogP contribution in [0, 0.1) is 23.7 Å². The van der Waals surface area contributed by atoms with Gasteiger partial charge in [-0.2, -0.15) is 9.97 Å². The van der Waals surface area contributed by atoms with Crippen LogP contribution in [0.1, 0.15) is 65.5 Å². The molecule has 1 saturated carbocycles. The number of halogens is 1. The smallest absolute Gasteiger partial charge is 0.307 e. The summed E-state index contributed by atoms with van der Waals surface area (Å²) < 4.78 is 29.9. The molecule has 2 aromatic rings. The van der Waals surface area contributed by atoms with Gasteiger partial charge in [-0.15, -0.1) is 0 Å². The van der Waals surface area contributed by atoms with Gasteiger partial charge in [0.2, 0.25) is 5.95 Å². The number of carbonyl (C=O) groups excluding carboxylic acids is 1. The number of fused-ring (bicyclic) bond motifs is 1. The molecule has 0 amide bonds. The van der Waals surface area contributed by atoms with Gasteiger partial charge in [-0.1, -0.05) is 33.1 Å². The quantitative estimate of drug-likeness (QED) is 0.418. The molecule has 1 aliphatic carbocycles. The molecule has 37 heavy (non-hydrogen) atoms. The highest BCUT2D eigenvalue weighted by atomic mass is 19.1. The van der Waals surface area contributed by atoms with Crippen molar-refractivity contribution in [1.29, 1.82) is 0 Å². The highest BCUT2D eigenvalue weighted by Crippen LogP contribution is 2.51. The van der Waals surface area contributed by atoms with Crippen LogP contribution in [-0.2, 0) is 19.1 Å². The maximum Gasteiger partial charge on any atom is 0.307 e. The van der Waals surface area contributed by atoms with Gasteiger partial charge in [0.15, 0.2) is 28.9 Å². The van der Waals surface area contributed by atoms with Crippen molar-refractivity contribution < 1.29 is 28.6 Å². The maximum atomic E-state index is 16.8. The normalized spacial score (nSPS) is 27.5. The topological polar surface area (TPSA) is 154 Å². The number of nitrogens with two attached hydrogens (primary N) is 1. The molecule has 0 radical (unpaired) electrons. The number of alkyl halides is 1. The molecule has 1 aliphatic heterocycles. The number of ether oxygens (including phenoxy) is 2. The van der Waals surface area contributed by atoms with Crippen molar-refractivity contribution in [3.05, 3.63) is 6.33 Å². The van der Waals surface area contributed by atoms with Crippen LogP contribution in [0.3, 0.4) is 0 Å². The highest BCUT2D eigenvalue weighted by Gasteiger charge is 2.60. The third-order valence-electron chi connectivity index (χ3n) is 7.75. The summed E-state index contributed by atoms with van der Waals surface area (Å²) in [6.45, 7) is 4.54. The average molecular weight is 521 g/mol. The summed E-state index contributed by atoms with van der Waals surface area (Å²) in [5.41, 5.74) is 4.31. The minimum atomic E-state index is -2.17. The van der Waals surface area contributed by atoms with E-state index in [-0.39, 0.29) is 30.1 Å². The number of carboxylic acids is 1. The Bertz CT molecular complexity index is 1130. The van der Waals surface area contributed by atoms with Crippen molar-refractivity contribution in [2.75, 3.05) is 24.7 Å². The second-order valence-corrected chi connectivity index (χ2v) is 10.7. The fourth-order valence-electron chi connectivity index (χ4n) is 5.97. The number of carbonyl (C=O) groups is 2. The Morgan fingerprint density at radius 3 is 2.65 bits per heavy atom. The Kier molecular flexibility index (Phi) is 7.86. The van der Waals surface area contributed by atoms with E-state index < -0.39 is 41.7 Å². The monoisotopic (exact) mass is 520 g/mol. The Morgan fingerprint density at radius 1 is 1.32 bits per heavy atom. The molecule has 1 saturated heterocycles. The highest BCUT2D eigenvalue weighted by molar-refractivity contribution is 5.84. The summed E-state index contributed by atoms with van der Waals surface area (Å²) in [6.07, 6.45) is 4.78. The Balaban J connectivity index is 1.64. The second kappa shape index (κ2) is 10.8. The van der Waals surface area contributed by atoms with Crippen LogP contribution in [0.5, 0.6) is 0 Å². The van der Waals surface area contributed by atoms with Crippen molar-refractivity contribution in [3.8, 4) is 0 Å². The predicted octanol–water partition coefficient (Wildman–Crippen LogP) is 3.56. The van der Waals surface area contributed by atoms with Gasteiger partial charge in [-0.3, -0.25) is 14.2 Å². The van der Waals surface area contributed by atoms with E-state index in [1.165, 1.54) is 24.2 Å². The SMILES string of the molecule is CNc1nc(N)nc2c1ncn2[C@@H]1OC(COC(=O)CC2CCCCC2)[C@@H](C(C(=O)O)C(C)C)[C@@]1(C)F. The van der Waals surface area contributed by atoms with E-state index >= 15 is 4.39 Å². The maximum absolute atomic E-state index is 16.8. The first-order chi connectivity index (χ1) is 17.5. The van der Waals surface area contributed by atoms with Crippen LogP contribution in [0.2, 0.25) is 0 Å². The molecule has 4 N–H and O–H groups in total. The Hall–Kier alpha value is -3.02. The van der Waals surface area contributed by atoms with E-state index in [2.05, 4.69) is 20.3 Å². The number of hydrogen-bond acceptors (Lipinski definition) is 9. The van der Waals surface area contributed by atoms with Crippen molar-refractivity contribution in [2.24, 2.45) is 23.7 Å². The number of hydrogen-bond donors (Lipinski definition) is 3. The molecule has 2 fully saturated rings. The molecular weight excluding hydrogens is 483 g/mol. The molecule has 204 valence electrons. The third kappa shape index (κ3) is 5.34. The number of anilines is 2. The van der Waals surface area contributed by atoms with E-state index in [1.807, 2.05) is 0 Å². The third-order valence-corrected chi connectivity index (χ3v) is 7.75. The number of rotatable bonds is 9. The van der Waals surface area contributed by atoms with Crippen molar-refractivity contribution in [2.45, 2.75) is 77.3 Å². The van der Waals surface area contributed by atoms with Crippen LogP contribution in [0.4, 0.5) is 16.2 Å². The lowest BCUT2D eigenvalue weighted by Gasteiger charge is -2.33. The van der Waals surface area contributed by atoms with E-state index in [4.69, 9.17) is 15.2 Å². The predicted molar refractivity (Wildman–Crippen MR) is 134 cm³/mol. The van der Waals surface area contributed by atoms with Crippen LogP contribution in [0.15, 0.2) is 6.33 Å². The molecule has 0 bridgehead atoms. The molecule has 3 heterocycles. The van der Waals surface area contributed by atoms with Crippen molar-refractivity contribution in [3.63, 3.8) is 0 Å². The van der Waals surface area contributed by atoms with Crippen LogP contribution >= 0.6 is 0 Å². The first-order valence-electron chi connectivity index (χ1n) is 12.9. The summed E-state index contributed by atoms with van der Waals surface area (Å²) in [7, 11) is 1.65. The van der Waals surface area contributed by atoms with Gasteiger partial charge < -0.3 is 25.6 Å². The molecule has 2 unspecified atom stereocenters. The zero-order valence-electron chi connectivity index (χ0n) is 21.8. The van der Waals surface area contributed by atoms with Gasteiger partial charge in [0.1, 0.15) is 12.7 Å². The summed E-state index contributed by atoms with van der Waals surface area (Å²) >= 11 is 0. The van der Waals surface area contributed by atoms with Gasteiger partial charge >= 0.3 is 11.9 Å². The van der Waals surface area contributed by atoms with Crippen molar-refractivity contribution in [1.82, 2.24) is 19.5 Å². The lowest BCUT2D eigenvalue weighted by atomic mass is 9.73. The number of nitrogens with one attached hydrogen (secondary N) is 1. The van der Waals surface area contributed by atoms with E-state index in [9.17, 15) is 14.7 Å². The average Bonchev–Trinajstić information content (AvgIpc) is 3.35. The van der Waals surface area contributed by atoms with Gasteiger partial charge in [0, 0.05) is 19.4 Å². The van der Waals surface area contributed by atoms with Gasteiger partial charge in [-0.25, -0.2) is 9.37 Å². The number of imidazole rings is 1. The molecule has 5 atom stereocenters. The fourth-order valence-corrected chi connectivity index (χ4v) is 5.97. The van der Waals surface area contributed by atoms with Crippen LogP contribution < -0.4 is 11.1 Å². The number of nitrogens with zero attached hydrogens (tertiary/aromatic N) is 4. The molecule has 0 aromatic carbocycles. The van der Waals surface area contributed by atoms with Gasteiger partial charge in [-0.05, 0) is 31.6 Å². The Morgan fingerprint density at radius 2 is 2.03 bits per heavy atom. The molecular formula is C25H37FN6O5. The number of esters is 1. The number of aliphatic carboxylic acids is 1. The molecule has 12 heteroatoms. The summed E-state index contributed by atoms with van der Waals surface area (Å²) in [6, 6.07) is 0. The Labute approximate surface area is 215 Å². The molecule has 11 nitrogen and oxygen atoms in total. The van der Waals surface area contributed by atoms with Gasteiger partial charge in [0.25, 0.3) is 0 Å². The summed E-state index contributed by atoms with van der Waals surface area (Å²) in [4.78, 5) is 37.6. The molecule has 2 aliphatic rings. The van der Waals surface area contributed by atoms with Crippen LogP contribution in [0.25, 0.3) is 11.2 Å². The second-order valence-electron chi connectivity index (χ2n) is 10.7. The minimum absolute atomic E-state index is 0.0347. The number of aromatic nitrogens is 4. The number of carboxylic acid groups (broad SMARTS) is 1. The van der Waals surface area contributed by atoms with E-state index in [0.29, 0.717) is 17.8 Å². The summed E-state index contributed by atoms with van der Waals surface area (Å²) in [5, 5.41) is 12.9. The fraction of sp³-hybridized carbons (Fsp3) is 0.720. The molecule has 4 rings (SSSR count). The largest absolute Gasteiger partial charge is 0.481 e. The lowest BCUT2D eigenvalue weighted by Crippen LogP contribution is -2.45. The standard InChI is InChI=1S/C25H37FN6O5/c1-13(2)17(22(34)35)18-15(11-36-16(33)10-14-8-6-5-7-9-14)37-23(25(18,3)26)32-12-29-19-20(28-4)30-24(27)31-21(19)32/h12-15,17-18,23H,5-11H2,1-4H3,(H,34,35)(H3,27,28,30,31)/t15?,17?,18-,23+,25+/m0/s1. The molecule has 2 aromatic heterocycles. The first-order valence-corrected chi connectivity index (χ1v) is 12.9. The first kappa shape index (κ1) is 27.0. The van der Waals surface area contributed by atoms with Crippen LogP contribution in [-0.4, -0.2) is 62.0 Å². The number of nitrogen functional groups attached to an aromatic ring is 1. The molecule has 0 spiro atoms. The minimum Gasteiger partial charge on any atom is -0.481 e. The zero-order chi connectivity index (χ0) is 26.9. The van der Waals surface area contributed by atoms with E-state index in [0.717, 1.165) is 25.7 Å².